The summed E-state index contributed by atoms with van der Waals surface area (Å²) in [5, 5.41) is 0. The maximum Gasteiger partial charge on any atom is 0.391 e. The van der Waals surface area contributed by atoms with E-state index in [9.17, 15) is 0 Å². The zero-order valence-corrected chi connectivity index (χ0v) is 7.36. The molecular weight excluding hydrogens is 179 g/mol. The Balaban J connectivity index is 2.65. The van der Waals surface area contributed by atoms with Crippen LogP contribution < -0.4 is 9.26 Å². The SMILES string of the molecule is COc1ccc(OP(O)O)cc1. The molecule has 0 saturated heterocycles. The lowest BCUT2D eigenvalue weighted by atomic mass is 10.3. The quantitative estimate of drug-likeness (QED) is 0.701. The van der Waals surface area contributed by atoms with E-state index in [-0.39, 0.29) is 0 Å². The highest BCUT2D eigenvalue weighted by Crippen LogP contribution is 2.29. The van der Waals surface area contributed by atoms with Gasteiger partial charge in [0.25, 0.3) is 0 Å². The average molecular weight is 188 g/mol. The van der Waals surface area contributed by atoms with Crippen LogP contribution in [0.1, 0.15) is 0 Å². The van der Waals surface area contributed by atoms with E-state index in [1.165, 1.54) is 0 Å². The Morgan fingerprint density at radius 1 is 1.08 bits per heavy atom. The first-order chi connectivity index (χ1) is 5.72. The summed E-state index contributed by atoms with van der Waals surface area (Å²) in [5.74, 6) is 1.11. The third-order valence-corrected chi connectivity index (χ3v) is 1.62. The van der Waals surface area contributed by atoms with E-state index in [0.29, 0.717) is 11.5 Å². The normalized spacial score (nSPS) is 10.0. The number of ether oxygens (including phenoxy) is 1. The Morgan fingerprint density at radius 3 is 2.00 bits per heavy atom. The molecule has 2 N–H and O–H groups in total. The van der Waals surface area contributed by atoms with Crippen molar-refractivity contribution < 1.29 is 19.0 Å². The summed E-state index contributed by atoms with van der Waals surface area (Å²) < 4.78 is 9.53. The molecule has 0 spiro atoms. The molecule has 0 saturated carbocycles. The van der Waals surface area contributed by atoms with Gasteiger partial charge in [-0.2, -0.15) is 0 Å². The van der Waals surface area contributed by atoms with E-state index in [2.05, 4.69) is 4.52 Å². The van der Waals surface area contributed by atoms with Gasteiger partial charge < -0.3 is 19.0 Å². The van der Waals surface area contributed by atoms with Gasteiger partial charge in [0, 0.05) is 0 Å². The molecule has 1 rings (SSSR count). The van der Waals surface area contributed by atoms with Crippen LogP contribution in [-0.4, -0.2) is 16.9 Å². The largest absolute Gasteiger partial charge is 0.497 e. The standard InChI is InChI=1S/C7H9O4P/c1-10-6-2-4-7(5-3-6)11-12(8)9/h2-5,8-9H,1H3. The van der Waals surface area contributed by atoms with Gasteiger partial charge in [-0.05, 0) is 24.3 Å². The summed E-state index contributed by atoms with van der Waals surface area (Å²) in [6.07, 6.45) is 0. The molecule has 0 aliphatic heterocycles. The molecule has 0 heterocycles. The minimum absolute atomic E-state index is 0.409. The minimum Gasteiger partial charge on any atom is -0.497 e. The van der Waals surface area contributed by atoms with E-state index in [0.717, 1.165) is 0 Å². The third kappa shape index (κ3) is 2.66. The maximum atomic E-state index is 8.50. The first-order valence-corrected chi connectivity index (χ1v) is 4.39. The highest BCUT2D eigenvalue weighted by atomic mass is 31.2. The van der Waals surface area contributed by atoms with Crippen molar-refractivity contribution in [1.29, 1.82) is 0 Å². The van der Waals surface area contributed by atoms with Gasteiger partial charge in [-0.3, -0.25) is 0 Å². The van der Waals surface area contributed by atoms with Crippen LogP contribution in [-0.2, 0) is 0 Å². The molecule has 0 aromatic heterocycles. The number of hydrogen-bond donors (Lipinski definition) is 2. The van der Waals surface area contributed by atoms with Gasteiger partial charge in [0.2, 0.25) is 0 Å². The lowest BCUT2D eigenvalue weighted by Crippen LogP contribution is -1.85. The molecule has 0 unspecified atom stereocenters. The number of rotatable bonds is 3. The van der Waals surface area contributed by atoms with Crippen molar-refractivity contribution in [3.63, 3.8) is 0 Å². The molecule has 1 aromatic rings. The highest BCUT2D eigenvalue weighted by molar-refractivity contribution is 7.39. The minimum atomic E-state index is -2.33. The molecule has 1 aromatic carbocycles. The van der Waals surface area contributed by atoms with Gasteiger partial charge in [0.15, 0.2) is 0 Å². The van der Waals surface area contributed by atoms with Gasteiger partial charge in [-0.25, -0.2) is 0 Å². The van der Waals surface area contributed by atoms with Crippen molar-refractivity contribution in [2.75, 3.05) is 7.11 Å². The molecule has 5 heteroatoms. The molecule has 0 aliphatic rings. The van der Waals surface area contributed by atoms with Crippen molar-refractivity contribution in [1.82, 2.24) is 0 Å². The van der Waals surface area contributed by atoms with Gasteiger partial charge in [-0.1, -0.05) is 0 Å². The summed E-state index contributed by atoms with van der Waals surface area (Å²) in [6, 6.07) is 6.55. The molecule has 0 radical (unpaired) electrons. The lowest BCUT2D eigenvalue weighted by molar-refractivity contribution is 0.374. The fraction of sp³-hybridized carbons (Fsp3) is 0.143. The van der Waals surface area contributed by atoms with Gasteiger partial charge >= 0.3 is 8.60 Å². The fourth-order valence-electron chi connectivity index (χ4n) is 0.731. The molecule has 0 fully saturated rings. The average Bonchev–Trinajstić information content (AvgIpc) is 2.05. The van der Waals surface area contributed by atoms with Crippen LogP contribution in [0.5, 0.6) is 11.5 Å². The zero-order chi connectivity index (χ0) is 8.97. The van der Waals surface area contributed by atoms with Crippen molar-refractivity contribution >= 4 is 8.60 Å². The van der Waals surface area contributed by atoms with E-state index < -0.39 is 8.60 Å². The van der Waals surface area contributed by atoms with Crippen LogP contribution in [0.25, 0.3) is 0 Å². The van der Waals surface area contributed by atoms with Crippen LogP contribution in [0.4, 0.5) is 0 Å². The van der Waals surface area contributed by atoms with Gasteiger partial charge in [-0.15, -0.1) is 0 Å². The summed E-state index contributed by atoms with van der Waals surface area (Å²) in [7, 11) is -0.775. The van der Waals surface area contributed by atoms with Crippen molar-refractivity contribution in [3.05, 3.63) is 24.3 Å². The van der Waals surface area contributed by atoms with E-state index in [1.54, 1.807) is 31.4 Å². The molecule has 4 nitrogen and oxygen atoms in total. The van der Waals surface area contributed by atoms with Gasteiger partial charge in [0.1, 0.15) is 11.5 Å². The predicted octanol–water partition coefficient (Wildman–Crippen LogP) is 1.29. The Morgan fingerprint density at radius 2 is 1.58 bits per heavy atom. The molecule has 0 atom stereocenters. The van der Waals surface area contributed by atoms with E-state index >= 15 is 0 Å². The first-order valence-electron chi connectivity index (χ1n) is 3.22. The molecule has 0 aliphatic carbocycles. The lowest BCUT2D eigenvalue weighted by Gasteiger charge is -2.05. The number of benzene rings is 1. The summed E-state index contributed by atoms with van der Waals surface area (Å²) in [4.78, 5) is 17.0. The molecular formula is C7H9O4P. The van der Waals surface area contributed by atoms with E-state index in [1.807, 2.05) is 0 Å². The topological polar surface area (TPSA) is 58.9 Å². The predicted molar refractivity (Wildman–Crippen MR) is 45.0 cm³/mol. The smallest absolute Gasteiger partial charge is 0.391 e. The Hall–Kier alpha value is -0.830. The van der Waals surface area contributed by atoms with Crippen molar-refractivity contribution in [3.8, 4) is 11.5 Å². The van der Waals surface area contributed by atoms with Crippen LogP contribution in [0.3, 0.4) is 0 Å². The summed E-state index contributed by atoms with van der Waals surface area (Å²) in [6.45, 7) is 0. The van der Waals surface area contributed by atoms with E-state index in [4.69, 9.17) is 14.5 Å². The number of hydrogen-bond acceptors (Lipinski definition) is 4. The Bertz CT molecular complexity index is 234. The summed E-state index contributed by atoms with van der Waals surface area (Å²) >= 11 is 0. The zero-order valence-electron chi connectivity index (χ0n) is 6.47. The van der Waals surface area contributed by atoms with Crippen LogP contribution in [0, 0.1) is 0 Å². The second-order valence-corrected chi connectivity index (χ2v) is 2.71. The third-order valence-electron chi connectivity index (χ3n) is 1.25. The maximum absolute atomic E-state index is 8.50. The monoisotopic (exact) mass is 188 g/mol. The number of methoxy groups -OCH3 is 1. The first kappa shape index (κ1) is 9.26. The highest BCUT2D eigenvalue weighted by Gasteiger charge is 2.01. The molecule has 0 bridgehead atoms. The van der Waals surface area contributed by atoms with Crippen LogP contribution >= 0.6 is 8.60 Å². The molecule has 0 amide bonds. The van der Waals surface area contributed by atoms with Crippen molar-refractivity contribution in [2.24, 2.45) is 0 Å². The summed E-state index contributed by atoms with van der Waals surface area (Å²) in [5.41, 5.74) is 0. The Labute approximate surface area is 71.4 Å². The molecule has 66 valence electrons. The molecule has 12 heavy (non-hydrogen) atoms. The second kappa shape index (κ2) is 4.26. The van der Waals surface area contributed by atoms with Crippen LogP contribution in [0.2, 0.25) is 0 Å². The van der Waals surface area contributed by atoms with Crippen molar-refractivity contribution in [2.45, 2.75) is 0 Å². The van der Waals surface area contributed by atoms with Gasteiger partial charge in [0.05, 0.1) is 7.11 Å². The second-order valence-electron chi connectivity index (χ2n) is 2.02. The fourth-order valence-corrected chi connectivity index (χ4v) is 1.04. The van der Waals surface area contributed by atoms with Crippen LogP contribution in [0.15, 0.2) is 24.3 Å². The Kier molecular flexibility index (Phi) is 3.29.